The summed E-state index contributed by atoms with van der Waals surface area (Å²) in [6.45, 7) is 2.11. The molecule has 1 aliphatic carbocycles. The molecule has 17 heavy (non-hydrogen) atoms. The Labute approximate surface area is 102 Å². The van der Waals surface area contributed by atoms with E-state index in [9.17, 15) is 0 Å². The third-order valence-corrected chi connectivity index (χ3v) is 3.91. The molecule has 3 rings (SSSR count). The average Bonchev–Trinajstić information content (AvgIpc) is 2.83. The van der Waals surface area contributed by atoms with E-state index >= 15 is 0 Å². The summed E-state index contributed by atoms with van der Waals surface area (Å²) in [6.07, 6.45) is 3.39. The van der Waals surface area contributed by atoms with Crippen molar-refractivity contribution in [3.63, 3.8) is 0 Å². The van der Waals surface area contributed by atoms with Crippen molar-refractivity contribution in [2.75, 3.05) is 0 Å². The predicted molar refractivity (Wildman–Crippen MR) is 70.0 cm³/mol. The van der Waals surface area contributed by atoms with Crippen LogP contribution in [0.15, 0.2) is 18.2 Å². The monoisotopic (exact) mass is 229 g/mol. The van der Waals surface area contributed by atoms with Gasteiger partial charge < -0.3 is 10.3 Å². The molecule has 2 N–H and O–H groups in total. The first-order valence-corrected chi connectivity index (χ1v) is 6.33. The first kappa shape index (κ1) is 10.8. The van der Waals surface area contributed by atoms with Crippen LogP contribution >= 0.6 is 0 Å². The summed E-state index contributed by atoms with van der Waals surface area (Å²) in [5, 5.41) is 0. The molecule has 0 amide bonds. The number of hydrogen-bond acceptors (Lipinski definition) is 2. The molecule has 1 aromatic carbocycles. The molecule has 0 spiro atoms. The van der Waals surface area contributed by atoms with Crippen molar-refractivity contribution in [2.24, 2.45) is 12.8 Å². The van der Waals surface area contributed by atoms with Crippen LogP contribution in [-0.2, 0) is 7.05 Å². The largest absolute Gasteiger partial charge is 0.331 e. The van der Waals surface area contributed by atoms with Crippen molar-refractivity contribution in [2.45, 2.75) is 38.1 Å². The first-order valence-electron chi connectivity index (χ1n) is 6.33. The minimum Gasteiger partial charge on any atom is -0.331 e. The standard InChI is InChI=1S/C14H19N3/c1-9-3-6-13-12(7-9)16-14(17(13)2)10-4-5-11(15)8-10/h3,6-7,10-11H,4-5,8,15H2,1-2H3. The second-order valence-corrected chi connectivity index (χ2v) is 5.29. The number of aromatic nitrogens is 2. The Morgan fingerprint density at radius 2 is 2.18 bits per heavy atom. The highest BCUT2D eigenvalue weighted by Crippen LogP contribution is 2.34. The molecule has 1 fully saturated rings. The van der Waals surface area contributed by atoms with Gasteiger partial charge in [-0.2, -0.15) is 0 Å². The van der Waals surface area contributed by atoms with Gasteiger partial charge >= 0.3 is 0 Å². The van der Waals surface area contributed by atoms with E-state index in [0.717, 1.165) is 18.4 Å². The molecule has 0 radical (unpaired) electrons. The number of aryl methyl sites for hydroxylation is 2. The lowest BCUT2D eigenvalue weighted by atomic mass is 10.1. The summed E-state index contributed by atoms with van der Waals surface area (Å²) < 4.78 is 2.23. The maximum absolute atomic E-state index is 5.99. The first-order chi connectivity index (χ1) is 8.15. The van der Waals surface area contributed by atoms with E-state index < -0.39 is 0 Å². The third-order valence-electron chi connectivity index (χ3n) is 3.91. The van der Waals surface area contributed by atoms with Crippen LogP contribution in [0.2, 0.25) is 0 Å². The highest BCUT2D eigenvalue weighted by molar-refractivity contribution is 5.76. The van der Waals surface area contributed by atoms with E-state index in [0.29, 0.717) is 12.0 Å². The maximum Gasteiger partial charge on any atom is 0.112 e. The van der Waals surface area contributed by atoms with Gasteiger partial charge in [0.15, 0.2) is 0 Å². The molecule has 3 nitrogen and oxygen atoms in total. The molecule has 0 aliphatic heterocycles. The smallest absolute Gasteiger partial charge is 0.112 e. The van der Waals surface area contributed by atoms with Gasteiger partial charge in [-0.1, -0.05) is 6.07 Å². The Kier molecular flexibility index (Phi) is 2.44. The van der Waals surface area contributed by atoms with Gasteiger partial charge in [-0.15, -0.1) is 0 Å². The van der Waals surface area contributed by atoms with Crippen LogP contribution in [-0.4, -0.2) is 15.6 Å². The van der Waals surface area contributed by atoms with Crippen molar-refractivity contribution >= 4 is 11.0 Å². The van der Waals surface area contributed by atoms with Crippen molar-refractivity contribution in [1.82, 2.24) is 9.55 Å². The van der Waals surface area contributed by atoms with E-state index in [2.05, 4.69) is 36.7 Å². The Morgan fingerprint density at radius 3 is 2.88 bits per heavy atom. The quantitative estimate of drug-likeness (QED) is 0.816. The van der Waals surface area contributed by atoms with Crippen LogP contribution in [0.25, 0.3) is 11.0 Å². The van der Waals surface area contributed by atoms with E-state index in [1.54, 1.807) is 0 Å². The number of rotatable bonds is 1. The second kappa shape index (κ2) is 3.84. The van der Waals surface area contributed by atoms with Gasteiger partial charge in [-0.25, -0.2) is 4.98 Å². The van der Waals surface area contributed by atoms with Crippen LogP contribution in [0, 0.1) is 6.92 Å². The molecule has 1 saturated carbocycles. The fourth-order valence-electron chi connectivity index (χ4n) is 2.94. The van der Waals surface area contributed by atoms with Gasteiger partial charge in [0.2, 0.25) is 0 Å². The van der Waals surface area contributed by atoms with Crippen LogP contribution in [0.4, 0.5) is 0 Å². The van der Waals surface area contributed by atoms with Crippen LogP contribution in [0.1, 0.15) is 36.6 Å². The molecule has 2 aromatic rings. The third kappa shape index (κ3) is 1.75. The number of imidazole rings is 1. The molecule has 1 aliphatic rings. The van der Waals surface area contributed by atoms with Gasteiger partial charge in [-0.05, 0) is 43.9 Å². The van der Waals surface area contributed by atoms with Gasteiger partial charge in [0.25, 0.3) is 0 Å². The lowest BCUT2D eigenvalue weighted by Crippen LogP contribution is -2.15. The second-order valence-electron chi connectivity index (χ2n) is 5.29. The minimum absolute atomic E-state index is 0.363. The number of benzene rings is 1. The number of nitrogens with two attached hydrogens (primary N) is 1. The van der Waals surface area contributed by atoms with Crippen LogP contribution < -0.4 is 5.73 Å². The minimum atomic E-state index is 0.363. The number of hydrogen-bond donors (Lipinski definition) is 1. The predicted octanol–water partition coefficient (Wildman–Crippen LogP) is 2.48. The maximum atomic E-state index is 5.99. The number of nitrogens with zero attached hydrogens (tertiary/aromatic N) is 2. The highest BCUT2D eigenvalue weighted by Gasteiger charge is 2.26. The Hall–Kier alpha value is -1.35. The average molecular weight is 229 g/mol. The van der Waals surface area contributed by atoms with Crippen molar-refractivity contribution in [3.8, 4) is 0 Å². The number of fused-ring (bicyclic) bond motifs is 1. The summed E-state index contributed by atoms with van der Waals surface area (Å²) >= 11 is 0. The normalized spacial score (nSPS) is 24.6. The molecule has 3 heteroatoms. The lowest BCUT2D eigenvalue weighted by molar-refractivity contribution is 0.621. The van der Waals surface area contributed by atoms with Crippen molar-refractivity contribution < 1.29 is 0 Å². The summed E-state index contributed by atoms with van der Waals surface area (Å²) in [6, 6.07) is 6.83. The zero-order chi connectivity index (χ0) is 12.0. The lowest BCUT2D eigenvalue weighted by Gasteiger charge is -2.09. The Morgan fingerprint density at radius 1 is 1.35 bits per heavy atom. The van der Waals surface area contributed by atoms with Crippen LogP contribution in [0.5, 0.6) is 0 Å². The molecule has 1 aromatic heterocycles. The van der Waals surface area contributed by atoms with E-state index in [4.69, 9.17) is 10.7 Å². The highest BCUT2D eigenvalue weighted by atomic mass is 15.1. The summed E-state index contributed by atoms with van der Waals surface area (Å²) in [5.41, 5.74) is 9.60. The van der Waals surface area contributed by atoms with Crippen molar-refractivity contribution in [3.05, 3.63) is 29.6 Å². The molecule has 0 bridgehead atoms. The van der Waals surface area contributed by atoms with Gasteiger partial charge in [0.1, 0.15) is 5.82 Å². The molecule has 0 saturated heterocycles. The zero-order valence-electron chi connectivity index (χ0n) is 10.5. The molecular weight excluding hydrogens is 210 g/mol. The van der Waals surface area contributed by atoms with Crippen molar-refractivity contribution in [1.29, 1.82) is 0 Å². The van der Waals surface area contributed by atoms with E-state index in [1.807, 2.05) is 0 Å². The summed E-state index contributed by atoms with van der Waals surface area (Å²) in [5.74, 6) is 1.75. The van der Waals surface area contributed by atoms with E-state index in [1.165, 1.54) is 23.3 Å². The Balaban J connectivity index is 2.08. The van der Waals surface area contributed by atoms with E-state index in [-0.39, 0.29) is 0 Å². The molecule has 2 unspecified atom stereocenters. The van der Waals surface area contributed by atoms with Gasteiger partial charge in [-0.3, -0.25) is 0 Å². The summed E-state index contributed by atoms with van der Waals surface area (Å²) in [7, 11) is 2.11. The fraction of sp³-hybridized carbons (Fsp3) is 0.500. The fourth-order valence-corrected chi connectivity index (χ4v) is 2.94. The molecule has 2 atom stereocenters. The van der Waals surface area contributed by atoms with Gasteiger partial charge in [0.05, 0.1) is 11.0 Å². The molecular formula is C14H19N3. The summed E-state index contributed by atoms with van der Waals surface area (Å²) in [4.78, 5) is 4.80. The van der Waals surface area contributed by atoms with Crippen LogP contribution in [0.3, 0.4) is 0 Å². The topological polar surface area (TPSA) is 43.8 Å². The molecule has 1 heterocycles. The molecule has 90 valence electrons. The van der Waals surface area contributed by atoms with Gasteiger partial charge in [0, 0.05) is 19.0 Å². The Bertz CT molecular complexity index is 556. The zero-order valence-corrected chi connectivity index (χ0v) is 10.5. The SMILES string of the molecule is Cc1ccc2c(c1)nc(C1CCC(N)C1)n2C.